The van der Waals surface area contributed by atoms with Gasteiger partial charge < -0.3 is 15.1 Å². The van der Waals surface area contributed by atoms with Crippen LogP contribution in [0.15, 0.2) is 24.3 Å². The molecule has 3 aliphatic carbocycles. The number of nitrogens with zero attached hydrogens (tertiary/aromatic N) is 1. The van der Waals surface area contributed by atoms with Gasteiger partial charge in [0, 0.05) is 11.5 Å². The molecule has 0 aromatic heterocycles. The van der Waals surface area contributed by atoms with Crippen LogP contribution >= 0.6 is 0 Å². The summed E-state index contributed by atoms with van der Waals surface area (Å²) in [7, 11) is 4.13. The third kappa shape index (κ3) is 2.03. The Bertz CT molecular complexity index is 688. The predicted octanol–water partition coefficient (Wildman–Crippen LogP) is 2.31. The molecule has 25 heavy (non-hydrogen) atoms. The normalized spacial score (nSPS) is 44.5. The van der Waals surface area contributed by atoms with Crippen LogP contribution in [-0.2, 0) is 6.42 Å². The van der Waals surface area contributed by atoms with Crippen molar-refractivity contribution in [3.63, 3.8) is 0 Å². The van der Waals surface area contributed by atoms with Crippen molar-refractivity contribution in [3.8, 4) is 0 Å². The Morgan fingerprint density at radius 2 is 1.84 bits per heavy atom. The number of likely N-dealkylation sites (N-methyl/N-ethyl adjacent to an activating group) is 1. The molecular formula is C21H32N2O2. The van der Waals surface area contributed by atoms with Crippen LogP contribution in [0.2, 0.25) is 0 Å². The fourth-order valence-corrected chi connectivity index (χ4v) is 6.35. The molecule has 0 aliphatic heterocycles. The summed E-state index contributed by atoms with van der Waals surface area (Å²) in [4.78, 5) is 2.18. The molecule has 1 aromatic rings. The van der Waals surface area contributed by atoms with Crippen LogP contribution in [0, 0.1) is 16.7 Å². The third-order valence-corrected chi connectivity index (χ3v) is 8.11. The van der Waals surface area contributed by atoms with Gasteiger partial charge >= 0.3 is 0 Å². The van der Waals surface area contributed by atoms with Crippen molar-refractivity contribution >= 4 is 0 Å². The largest absolute Gasteiger partial charge is 0.387 e. The van der Waals surface area contributed by atoms with Crippen molar-refractivity contribution in [3.05, 3.63) is 35.4 Å². The maximum atomic E-state index is 12.0. The summed E-state index contributed by atoms with van der Waals surface area (Å²) in [5.74, 6) is 0.450. The van der Waals surface area contributed by atoms with Crippen LogP contribution in [0.5, 0.6) is 0 Å². The summed E-state index contributed by atoms with van der Waals surface area (Å²) in [6.07, 6.45) is 2.38. The van der Waals surface area contributed by atoms with Gasteiger partial charge in [-0.3, -0.25) is 5.32 Å². The molecule has 2 saturated carbocycles. The Morgan fingerprint density at radius 3 is 2.48 bits per heavy atom. The fraction of sp³-hybridized carbons (Fsp3) is 0.714. The zero-order valence-electron chi connectivity index (χ0n) is 16.1. The first-order valence-corrected chi connectivity index (χ1v) is 9.56. The van der Waals surface area contributed by atoms with E-state index in [2.05, 4.69) is 51.1 Å². The smallest absolute Gasteiger partial charge is 0.138 e. The molecular weight excluding hydrogens is 312 g/mol. The highest BCUT2D eigenvalue weighted by atomic mass is 16.3. The Labute approximate surface area is 151 Å². The fourth-order valence-electron chi connectivity index (χ4n) is 6.35. The lowest BCUT2D eigenvalue weighted by Crippen LogP contribution is -2.68. The average Bonchev–Trinajstić information content (AvgIpc) is 3.01. The number of benzene rings is 1. The molecule has 0 saturated heterocycles. The molecule has 4 heteroatoms. The number of hydrogen-bond acceptors (Lipinski definition) is 4. The molecule has 3 aliphatic rings. The van der Waals surface area contributed by atoms with E-state index in [0.717, 1.165) is 24.8 Å². The van der Waals surface area contributed by atoms with E-state index in [4.69, 9.17) is 0 Å². The van der Waals surface area contributed by atoms with E-state index < -0.39 is 11.8 Å². The number of aliphatic hydroxyl groups is 2. The lowest BCUT2D eigenvalue weighted by atomic mass is 9.67. The van der Waals surface area contributed by atoms with E-state index in [1.807, 2.05) is 18.2 Å². The minimum Gasteiger partial charge on any atom is -0.387 e. The minimum atomic E-state index is -1.00. The van der Waals surface area contributed by atoms with Gasteiger partial charge in [0.2, 0.25) is 0 Å². The molecule has 6 atom stereocenters. The first kappa shape index (κ1) is 17.5. The second-order valence-electron chi connectivity index (χ2n) is 9.47. The highest BCUT2D eigenvalue weighted by Gasteiger charge is 2.74. The molecule has 138 valence electrons. The maximum absolute atomic E-state index is 12.0. The zero-order chi connectivity index (χ0) is 18.2. The van der Waals surface area contributed by atoms with Gasteiger partial charge in [0.05, 0.1) is 12.1 Å². The lowest BCUT2D eigenvalue weighted by molar-refractivity contribution is -0.157. The molecule has 0 spiro atoms. The molecule has 2 fully saturated rings. The molecule has 0 heterocycles. The summed E-state index contributed by atoms with van der Waals surface area (Å²) in [5.41, 5.74) is 1.02. The van der Waals surface area contributed by atoms with E-state index in [9.17, 15) is 10.2 Å². The van der Waals surface area contributed by atoms with Crippen molar-refractivity contribution in [2.24, 2.45) is 16.7 Å². The standard InChI is InChI=1S/C21H32N2O2/c1-19(2)15-10-11-20(19,3)21(25,18(15)23(4)5)22-16-12-13-8-6-7-9-14(13)17(16)24/h6-9,15-18,22,24-25H,10-12H2,1-5H3/t15?,16-,17-,18-,20?,21+/m0/s1. The highest BCUT2D eigenvalue weighted by molar-refractivity contribution is 5.36. The van der Waals surface area contributed by atoms with E-state index in [-0.39, 0.29) is 22.9 Å². The SMILES string of the molecule is CN(C)[C@H]1C2CCC(C)(C2(C)C)[C@@]1(O)N[C@H]1Cc2ccccc2[C@@H]1O. The van der Waals surface area contributed by atoms with E-state index in [0.29, 0.717) is 5.92 Å². The van der Waals surface area contributed by atoms with Crippen LogP contribution in [0.1, 0.15) is 50.8 Å². The molecule has 2 bridgehead atoms. The number of hydrogen-bond donors (Lipinski definition) is 3. The zero-order valence-corrected chi connectivity index (χ0v) is 16.1. The van der Waals surface area contributed by atoms with Crippen LogP contribution < -0.4 is 5.32 Å². The summed E-state index contributed by atoms with van der Waals surface area (Å²) < 4.78 is 0. The van der Waals surface area contributed by atoms with Crippen LogP contribution in [-0.4, -0.2) is 47.0 Å². The second-order valence-corrected chi connectivity index (χ2v) is 9.47. The van der Waals surface area contributed by atoms with Gasteiger partial charge in [-0.25, -0.2) is 0 Å². The highest BCUT2D eigenvalue weighted by Crippen LogP contribution is 2.69. The van der Waals surface area contributed by atoms with Crippen molar-refractivity contribution in [2.45, 2.75) is 63.9 Å². The first-order chi connectivity index (χ1) is 11.6. The summed E-state index contributed by atoms with van der Waals surface area (Å²) in [6, 6.07) is 7.99. The quantitative estimate of drug-likeness (QED) is 0.737. The van der Waals surface area contributed by atoms with Gasteiger partial charge in [-0.15, -0.1) is 0 Å². The third-order valence-electron chi connectivity index (χ3n) is 8.11. The maximum Gasteiger partial charge on any atom is 0.138 e. The molecule has 3 N–H and O–H groups in total. The Balaban J connectivity index is 1.69. The average molecular weight is 344 g/mol. The van der Waals surface area contributed by atoms with Gasteiger partial charge in [-0.2, -0.15) is 0 Å². The number of fused-ring (bicyclic) bond motifs is 3. The lowest BCUT2D eigenvalue weighted by Gasteiger charge is -2.51. The molecule has 1 aromatic carbocycles. The molecule has 4 rings (SSSR count). The number of aliphatic hydroxyl groups excluding tert-OH is 1. The first-order valence-electron chi connectivity index (χ1n) is 9.56. The Morgan fingerprint density at radius 1 is 1.16 bits per heavy atom. The summed E-state index contributed by atoms with van der Waals surface area (Å²) >= 11 is 0. The molecule has 2 unspecified atom stereocenters. The van der Waals surface area contributed by atoms with Crippen molar-refractivity contribution in [2.75, 3.05) is 14.1 Å². The van der Waals surface area contributed by atoms with E-state index in [1.54, 1.807) is 0 Å². The van der Waals surface area contributed by atoms with Crippen LogP contribution in [0.4, 0.5) is 0 Å². The van der Waals surface area contributed by atoms with Crippen LogP contribution in [0.25, 0.3) is 0 Å². The van der Waals surface area contributed by atoms with Gasteiger partial charge in [0.25, 0.3) is 0 Å². The van der Waals surface area contributed by atoms with Gasteiger partial charge in [0.15, 0.2) is 0 Å². The second kappa shape index (κ2) is 5.29. The number of rotatable bonds is 3. The molecule has 0 amide bonds. The van der Waals surface area contributed by atoms with Gasteiger partial charge in [-0.05, 0) is 55.8 Å². The van der Waals surface area contributed by atoms with Crippen LogP contribution in [0.3, 0.4) is 0 Å². The predicted molar refractivity (Wildman–Crippen MR) is 99.1 cm³/mol. The summed E-state index contributed by atoms with van der Waals surface area (Å²) in [5, 5.41) is 26.4. The van der Waals surface area contributed by atoms with Crippen molar-refractivity contribution < 1.29 is 10.2 Å². The van der Waals surface area contributed by atoms with Gasteiger partial charge in [-0.1, -0.05) is 45.0 Å². The van der Waals surface area contributed by atoms with E-state index in [1.165, 1.54) is 5.56 Å². The minimum absolute atomic E-state index is 0.0529. The Kier molecular flexibility index (Phi) is 3.70. The van der Waals surface area contributed by atoms with Crippen molar-refractivity contribution in [1.29, 1.82) is 0 Å². The number of nitrogens with one attached hydrogen (secondary N) is 1. The monoisotopic (exact) mass is 344 g/mol. The molecule has 0 radical (unpaired) electrons. The molecule has 4 nitrogen and oxygen atoms in total. The van der Waals surface area contributed by atoms with Crippen molar-refractivity contribution in [1.82, 2.24) is 10.2 Å². The van der Waals surface area contributed by atoms with Gasteiger partial charge in [0.1, 0.15) is 5.72 Å². The summed E-state index contributed by atoms with van der Waals surface area (Å²) in [6.45, 7) is 6.85. The topological polar surface area (TPSA) is 55.7 Å². The Hall–Kier alpha value is -0.940. The van der Waals surface area contributed by atoms with E-state index >= 15 is 0 Å².